The Kier molecular flexibility index (Phi) is 6.21. The molecule has 0 saturated carbocycles. The molecule has 1 aliphatic rings. The van der Waals surface area contributed by atoms with Crippen LogP contribution in [0.3, 0.4) is 0 Å². The molecule has 134 valence electrons. The average molecular weight is 337 g/mol. The Balaban J connectivity index is 2.08. The van der Waals surface area contributed by atoms with Gasteiger partial charge < -0.3 is 20.1 Å². The number of ether oxygens (including phenoxy) is 1. The molecule has 0 aliphatic carbocycles. The van der Waals surface area contributed by atoms with Crippen LogP contribution in [0, 0.1) is 5.41 Å². The number of β-amino-alcohol motifs (C(OH)–C–C–N with tert-alkyl or cyclic N) is 1. The molecule has 0 amide bonds. The number of benzene rings is 1. The molecule has 1 aromatic rings. The third-order valence-electron chi connectivity index (χ3n) is 5.03. The highest BCUT2D eigenvalue weighted by Gasteiger charge is 2.40. The number of methoxy groups -OCH3 is 1. The Morgan fingerprint density at radius 1 is 1.46 bits per heavy atom. The summed E-state index contributed by atoms with van der Waals surface area (Å²) >= 11 is 0. The Morgan fingerprint density at radius 2 is 2.21 bits per heavy atom. The first kappa shape index (κ1) is 18.7. The van der Waals surface area contributed by atoms with E-state index in [4.69, 9.17) is 4.74 Å². The first-order valence-corrected chi connectivity index (χ1v) is 8.37. The van der Waals surface area contributed by atoms with Crippen LogP contribution in [0.5, 0.6) is 5.75 Å². The highest BCUT2D eigenvalue weighted by Crippen LogP contribution is 2.36. The summed E-state index contributed by atoms with van der Waals surface area (Å²) in [5.74, 6) is -0.679. The van der Waals surface area contributed by atoms with E-state index in [9.17, 15) is 20.1 Å². The van der Waals surface area contributed by atoms with Gasteiger partial charge in [0.25, 0.3) is 0 Å². The number of carbonyl (C=O) groups is 1. The second kappa shape index (κ2) is 7.96. The van der Waals surface area contributed by atoms with Gasteiger partial charge in [-0.25, -0.2) is 4.79 Å². The maximum atomic E-state index is 11.3. The van der Waals surface area contributed by atoms with Crippen LogP contribution in [0.25, 0.3) is 0 Å². The van der Waals surface area contributed by atoms with Crippen LogP contribution in [-0.2, 0) is 6.54 Å². The molecule has 6 heteroatoms. The number of rotatable bonds is 7. The zero-order valence-corrected chi connectivity index (χ0v) is 14.4. The van der Waals surface area contributed by atoms with Gasteiger partial charge in [0.15, 0.2) is 0 Å². The number of aliphatic hydroxyl groups is 2. The van der Waals surface area contributed by atoms with Crippen molar-refractivity contribution in [3.8, 4) is 5.75 Å². The van der Waals surface area contributed by atoms with Crippen LogP contribution in [0.4, 0.5) is 0 Å². The van der Waals surface area contributed by atoms with Crippen molar-refractivity contribution in [3.63, 3.8) is 0 Å². The van der Waals surface area contributed by atoms with Crippen molar-refractivity contribution in [1.82, 2.24) is 4.90 Å². The standard InChI is InChI=1S/C18H27NO5/c1-3-6-18(12-20)7-8-19(11-16(18)21)10-13-4-5-15(24-2)14(9-13)17(22)23/h4-5,9,16,20-21H,3,6-8,10-12H2,1-2H3,(H,22,23)/t16-,18+/m0/s1. The number of nitrogens with zero attached hydrogens (tertiary/aromatic N) is 1. The Hall–Kier alpha value is -1.63. The third kappa shape index (κ3) is 3.88. The van der Waals surface area contributed by atoms with Gasteiger partial charge in [-0.2, -0.15) is 0 Å². The van der Waals surface area contributed by atoms with E-state index >= 15 is 0 Å². The number of carboxylic acids is 1. The molecule has 1 fully saturated rings. The first-order valence-electron chi connectivity index (χ1n) is 8.37. The van der Waals surface area contributed by atoms with E-state index in [-0.39, 0.29) is 12.2 Å². The second-order valence-corrected chi connectivity index (χ2v) is 6.61. The number of piperidine rings is 1. The van der Waals surface area contributed by atoms with Crippen molar-refractivity contribution < 1.29 is 24.9 Å². The first-order chi connectivity index (χ1) is 11.5. The fraction of sp³-hybridized carbons (Fsp3) is 0.611. The van der Waals surface area contributed by atoms with Gasteiger partial charge in [0.05, 0.1) is 19.8 Å². The fourth-order valence-corrected chi connectivity index (χ4v) is 3.55. The normalized spacial score (nSPS) is 24.8. The number of aromatic carboxylic acids is 1. The van der Waals surface area contributed by atoms with Gasteiger partial charge in [0, 0.05) is 18.5 Å². The summed E-state index contributed by atoms with van der Waals surface area (Å²) in [6, 6.07) is 5.12. The smallest absolute Gasteiger partial charge is 0.339 e. The van der Waals surface area contributed by atoms with Crippen LogP contribution in [0.15, 0.2) is 18.2 Å². The van der Waals surface area contributed by atoms with Crippen LogP contribution in [0.2, 0.25) is 0 Å². The molecule has 0 aromatic heterocycles. The SMILES string of the molecule is CCC[C@]1(CO)CCN(Cc2ccc(OC)c(C(=O)O)c2)C[C@@H]1O. The van der Waals surface area contributed by atoms with E-state index in [1.165, 1.54) is 7.11 Å². The molecule has 3 N–H and O–H groups in total. The summed E-state index contributed by atoms with van der Waals surface area (Å²) in [6.45, 7) is 3.87. The van der Waals surface area contributed by atoms with Gasteiger partial charge in [-0.1, -0.05) is 19.4 Å². The predicted molar refractivity (Wildman–Crippen MR) is 90.3 cm³/mol. The Labute approximate surface area is 142 Å². The van der Waals surface area contributed by atoms with Crippen molar-refractivity contribution in [2.24, 2.45) is 5.41 Å². The van der Waals surface area contributed by atoms with Gasteiger partial charge in [0.1, 0.15) is 11.3 Å². The molecule has 0 spiro atoms. The number of carboxylic acid groups (broad SMARTS) is 1. The molecule has 1 saturated heterocycles. The molecular weight excluding hydrogens is 310 g/mol. The molecule has 0 unspecified atom stereocenters. The van der Waals surface area contributed by atoms with Crippen LogP contribution in [-0.4, -0.2) is 59.1 Å². The molecule has 6 nitrogen and oxygen atoms in total. The summed E-state index contributed by atoms with van der Waals surface area (Å²) in [6.07, 6.45) is 1.90. The van der Waals surface area contributed by atoms with Crippen molar-refractivity contribution in [2.75, 3.05) is 26.8 Å². The van der Waals surface area contributed by atoms with E-state index in [0.29, 0.717) is 18.8 Å². The Bertz CT molecular complexity index is 577. The molecule has 0 bridgehead atoms. The number of hydrogen-bond acceptors (Lipinski definition) is 5. The van der Waals surface area contributed by atoms with Crippen LogP contribution >= 0.6 is 0 Å². The van der Waals surface area contributed by atoms with E-state index in [1.54, 1.807) is 12.1 Å². The lowest BCUT2D eigenvalue weighted by Gasteiger charge is -2.44. The topological polar surface area (TPSA) is 90.2 Å². The molecule has 2 atom stereocenters. The van der Waals surface area contributed by atoms with Crippen molar-refractivity contribution in [3.05, 3.63) is 29.3 Å². The van der Waals surface area contributed by atoms with Gasteiger partial charge in [-0.3, -0.25) is 4.90 Å². The fourth-order valence-electron chi connectivity index (χ4n) is 3.55. The summed E-state index contributed by atoms with van der Waals surface area (Å²) in [5, 5.41) is 29.5. The zero-order chi connectivity index (χ0) is 17.7. The van der Waals surface area contributed by atoms with Gasteiger partial charge in [0.2, 0.25) is 0 Å². The highest BCUT2D eigenvalue weighted by atomic mass is 16.5. The molecule has 2 rings (SSSR count). The van der Waals surface area contributed by atoms with Crippen LogP contribution in [0.1, 0.15) is 42.1 Å². The van der Waals surface area contributed by atoms with E-state index in [2.05, 4.69) is 11.8 Å². The number of hydrogen-bond donors (Lipinski definition) is 3. The van der Waals surface area contributed by atoms with Crippen molar-refractivity contribution in [2.45, 2.75) is 38.8 Å². The Morgan fingerprint density at radius 3 is 2.75 bits per heavy atom. The van der Waals surface area contributed by atoms with Crippen molar-refractivity contribution >= 4 is 5.97 Å². The minimum Gasteiger partial charge on any atom is -0.496 e. The number of likely N-dealkylation sites (tertiary alicyclic amines) is 1. The average Bonchev–Trinajstić information content (AvgIpc) is 2.57. The summed E-state index contributed by atoms with van der Waals surface area (Å²) in [7, 11) is 1.45. The van der Waals surface area contributed by atoms with Gasteiger partial charge in [-0.05, 0) is 37.1 Å². The highest BCUT2D eigenvalue weighted by molar-refractivity contribution is 5.91. The molecule has 1 heterocycles. The maximum absolute atomic E-state index is 11.3. The quantitative estimate of drug-likeness (QED) is 0.702. The minimum absolute atomic E-state index is 0.00153. The third-order valence-corrected chi connectivity index (χ3v) is 5.03. The second-order valence-electron chi connectivity index (χ2n) is 6.61. The van der Waals surface area contributed by atoms with Gasteiger partial charge in [-0.15, -0.1) is 0 Å². The van der Waals surface area contributed by atoms with E-state index < -0.39 is 17.5 Å². The van der Waals surface area contributed by atoms with Crippen LogP contribution < -0.4 is 4.74 Å². The number of aliphatic hydroxyl groups excluding tert-OH is 2. The largest absolute Gasteiger partial charge is 0.496 e. The molecule has 1 aliphatic heterocycles. The van der Waals surface area contributed by atoms with Crippen molar-refractivity contribution in [1.29, 1.82) is 0 Å². The lowest BCUT2D eigenvalue weighted by atomic mass is 9.73. The van der Waals surface area contributed by atoms with E-state index in [0.717, 1.165) is 31.4 Å². The maximum Gasteiger partial charge on any atom is 0.339 e. The lowest BCUT2D eigenvalue weighted by Crippen LogP contribution is -2.52. The summed E-state index contributed by atoms with van der Waals surface area (Å²) < 4.78 is 5.08. The summed E-state index contributed by atoms with van der Waals surface area (Å²) in [5.41, 5.74) is 0.604. The monoisotopic (exact) mass is 337 g/mol. The molecule has 1 aromatic carbocycles. The minimum atomic E-state index is -1.02. The molecular formula is C18H27NO5. The van der Waals surface area contributed by atoms with E-state index in [1.807, 2.05) is 6.07 Å². The molecule has 0 radical (unpaired) electrons. The summed E-state index contributed by atoms with van der Waals surface area (Å²) in [4.78, 5) is 13.4. The predicted octanol–water partition coefficient (Wildman–Crippen LogP) is 1.74. The van der Waals surface area contributed by atoms with Gasteiger partial charge >= 0.3 is 5.97 Å². The zero-order valence-electron chi connectivity index (χ0n) is 14.4. The molecule has 24 heavy (non-hydrogen) atoms. The lowest BCUT2D eigenvalue weighted by molar-refractivity contribution is -0.0802.